The number of pyridine rings is 1. The highest BCUT2D eigenvalue weighted by molar-refractivity contribution is 5.82. The Morgan fingerprint density at radius 3 is 2.52 bits per heavy atom. The molecule has 0 aliphatic carbocycles. The standard InChI is InChI=1S/C23H21F2N5O/c24-19-12-16-11-18(23(31)26-21(16)13-20(19)25)22-14-30(28-27-22)17-5-3-15(4-6-17)7-10-29-8-1-2-9-29/h3-6,11-14H,1-2,7-10H2,(H,26,31). The maximum atomic E-state index is 13.6. The topological polar surface area (TPSA) is 66.8 Å². The molecule has 1 aliphatic rings. The fourth-order valence-corrected chi connectivity index (χ4v) is 4.01. The number of H-pyrrole nitrogens is 1. The third-order valence-electron chi connectivity index (χ3n) is 5.77. The van der Waals surface area contributed by atoms with Crippen LogP contribution in [-0.2, 0) is 6.42 Å². The molecule has 158 valence electrons. The molecule has 1 saturated heterocycles. The summed E-state index contributed by atoms with van der Waals surface area (Å²) in [5, 5.41) is 8.61. The third kappa shape index (κ3) is 3.98. The summed E-state index contributed by atoms with van der Waals surface area (Å²) >= 11 is 0. The van der Waals surface area contributed by atoms with Crippen LogP contribution in [0, 0.1) is 11.6 Å². The second-order valence-electron chi connectivity index (χ2n) is 7.88. The molecule has 4 aromatic rings. The van der Waals surface area contributed by atoms with Crippen LogP contribution in [0.1, 0.15) is 18.4 Å². The number of likely N-dealkylation sites (tertiary alicyclic amines) is 1. The zero-order valence-electron chi connectivity index (χ0n) is 16.8. The Morgan fingerprint density at radius 2 is 1.74 bits per heavy atom. The van der Waals surface area contributed by atoms with E-state index in [0.717, 1.165) is 30.8 Å². The first kappa shape index (κ1) is 19.6. The van der Waals surface area contributed by atoms with Crippen molar-refractivity contribution in [3.05, 3.63) is 76.2 Å². The van der Waals surface area contributed by atoms with Crippen LogP contribution in [0.15, 0.2) is 53.5 Å². The fourth-order valence-electron chi connectivity index (χ4n) is 4.01. The number of nitrogens with zero attached hydrogens (tertiary/aromatic N) is 4. The zero-order chi connectivity index (χ0) is 21.4. The van der Waals surface area contributed by atoms with Gasteiger partial charge in [-0.05, 0) is 62.2 Å². The van der Waals surface area contributed by atoms with Gasteiger partial charge in [-0.15, -0.1) is 5.10 Å². The average Bonchev–Trinajstić information content (AvgIpc) is 3.46. The molecule has 2 aromatic heterocycles. The van der Waals surface area contributed by atoms with Crippen molar-refractivity contribution in [3.63, 3.8) is 0 Å². The summed E-state index contributed by atoms with van der Waals surface area (Å²) in [5.41, 5.74) is 2.47. The van der Waals surface area contributed by atoms with Crippen molar-refractivity contribution < 1.29 is 8.78 Å². The maximum absolute atomic E-state index is 13.6. The first-order chi connectivity index (χ1) is 15.1. The third-order valence-corrected chi connectivity index (χ3v) is 5.77. The lowest BCUT2D eigenvalue weighted by molar-refractivity contribution is 0.343. The van der Waals surface area contributed by atoms with Crippen LogP contribution in [0.2, 0.25) is 0 Å². The van der Waals surface area contributed by atoms with E-state index in [1.807, 2.05) is 12.1 Å². The van der Waals surface area contributed by atoms with E-state index in [9.17, 15) is 13.6 Å². The molecule has 2 aromatic carbocycles. The van der Waals surface area contributed by atoms with Crippen LogP contribution >= 0.6 is 0 Å². The maximum Gasteiger partial charge on any atom is 0.258 e. The molecule has 6 nitrogen and oxygen atoms in total. The molecule has 0 unspecified atom stereocenters. The van der Waals surface area contributed by atoms with Crippen LogP contribution in [0.3, 0.4) is 0 Å². The molecule has 0 atom stereocenters. The summed E-state index contributed by atoms with van der Waals surface area (Å²) in [5.74, 6) is -1.98. The molecule has 0 saturated carbocycles. The predicted octanol–water partition coefficient (Wildman–Crippen LogP) is 3.69. The minimum atomic E-state index is -1.01. The van der Waals surface area contributed by atoms with Gasteiger partial charge in [0, 0.05) is 18.0 Å². The monoisotopic (exact) mass is 421 g/mol. The first-order valence-electron chi connectivity index (χ1n) is 10.3. The first-order valence-corrected chi connectivity index (χ1v) is 10.3. The summed E-state index contributed by atoms with van der Waals surface area (Å²) in [6.07, 6.45) is 5.24. The molecule has 31 heavy (non-hydrogen) atoms. The Morgan fingerprint density at radius 1 is 1.00 bits per heavy atom. The Bertz CT molecular complexity index is 1290. The van der Waals surface area contributed by atoms with E-state index in [2.05, 4.69) is 32.3 Å². The van der Waals surface area contributed by atoms with Gasteiger partial charge in [0.25, 0.3) is 5.56 Å². The van der Waals surface area contributed by atoms with Gasteiger partial charge in [0.15, 0.2) is 11.6 Å². The highest BCUT2D eigenvalue weighted by atomic mass is 19.2. The Hall–Kier alpha value is -3.39. The normalized spacial score (nSPS) is 14.5. The SMILES string of the molecule is O=c1[nH]c2cc(F)c(F)cc2cc1-c1cn(-c2ccc(CCN3CCCC3)cc2)nn1. The summed E-state index contributed by atoms with van der Waals surface area (Å²) < 4.78 is 28.6. The lowest BCUT2D eigenvalue weighted by Gasteiger charge is -2.14. The second kappa shape index (κ2) is 8.03. The predicted molar refractivity (Wildman–Crippen MR) is 114 cm³/mol. The number of fused-ring (bicyclic) bond motifs is 1. The molecule has 1 aliphatic heterocycles. The molecule has 0 radical (unpaired) electrons. The van der Waals surface area contributed by atoms with Crippen molar-refractivity contribution in [2.45, 2.75) is 19.3 Å². The van der Waals surface area contributed by atoms with Crippen molar-refractivity contribution in [1.82, 2.24) is 24.9 Å². The van der Waals surface area contributed by atoms with Gasteiger partial charge in [0.2, 0.25) is 0 Å². The van der Waals surface area contributed by atoms with Crippen LogP contribution in [0.25, 0.3) is 27.8 Å². The number of nitrogens with one attached hydrogen (secondary N) is 1. The summed E-state index contributed by atoms with van der Waals surface area (Å²) in [7, 11) is 0. The van der Waals surface area contributed by atoms with E-state index in [4.69, 9.17) is 0 Å². The second-order valence-corrected chi connectivity index (χ2v) is 7.88. The van der Waals surface area contributed by atoms with Gasteiger partial charge in [-0.3, -0.25) is 4.79 Å². The van der Waals surface area contributed by atoms with E-state index in [-0.39, 0.29) is 11.1 Å². The number of hydrogen-bond acceptors (Lipinski definition) is 4. The summed E-state index contributed by atoms with van der Waals surface area (Å²) in [4.78, 5) is 17.5. The number of rotatable bonds is 5. The Kier molecular flexibility index (Phi) is 5.07. The fraction of sp³-hybridized carbons (Fsp3) is 0.261. The molecule has 0 amide bonds. The molecule has 3 heterocycles. The van der Waals surface area contributed by atoms with Crippen LogP contribution in [-0.4, -0.2) is 44.5 Å². The smallest absolute Gasteiger partial charge is 0.258 e. The van der Waals surface area contributed by atoms with Crippen molar-refractivity contribution >= 4 is 10.9 Å². The lowest BCUT2D eigenvalue weighted by Crippen LogP contribution is -2.21. The van der Waals surface area contributed by atoms with E-state index < -0.39 is 17.2 Å². The summed E-state index contributed by atoms with van der Waals surface area (Å²) in [6, 6.07) is 11.6. The number of aromatic nitrogens is 4. The average molecular weight is 421 g/mol. The van der Waals surface area contributed by atoms with Crippen molar-refractivity contribution in [2.75, 3.05) is 19.6 Å². The van der Waals surface area contributed by atoms with Gasteiger partial charge < -0.3 is 9.88 Å². The van der Waals surface area contributed by atoms with Gasteiger partial charge in [0.1, 0.15) is 5.69 Å². The van der Waals surface area contributed by atoms with E-state index >= 15 is 0 Å². The van der Waals surface area contributed by atoms with Gasteiger partial charge in [-0.1, -0.05) is 17.3 Å². The molecule has 0 spiro atoms. The van der Waals surface area contributed by atoms with Gasteiger partial charge in [0.05, 0.1) is 23.0 Å². The molecular weight excluding hydrogens is 400 g/mol. The van der Waals surface area contributed by atoms with Crippen LogP contribution in [0.5, 0.6) is 0 Å². The Labute approximate surface area is 177 Å². The Balaban J connectivity index is 1.37. The van der Waals surface area contributed by atoms with Crippen LogP contribution < -0.4 is 5.56 Å². The highest BCUT2D eigenvalue weighted by Gasteiger charge is 2.13. The lowest BCUT2D eigenvalue weighted by atomic mass is 10.1. The van der Waals surface area contributed by atoms with E-state index in [1.165, 1.54) is 37.6 Å². The zero-order valence-corrected chi connectivity index (χ0v) is 16.8. The minimum Gasteiger partial charge on any atom is -0.321 e. The number of halogens is 2. The van der Waals surface area contributed by atoms with Gasteiger partial charge in [-0.25, -0.2) is 13.5 Å². The number of aromatic amines is 1. The molecule has 8 heteroatoms. The quantitative estimate of drug-likeness (QED) is 0.534. The highest BCUT2D eigenvalue weighted by Crippen LogP contribution is 2.21. The number of benzene rings is 2. The molecule has 5 rings (SSSR count). The van der Waals surface area contributed by atoms with Gasteiger partial charge in [-0.2, -0.15) is 0 Å². The van der Waals surface area contributed by atoms with E-state index in [1.54, 1.807) is 10.9 Å². The molecular formula is C23H21F2N5O. The van der Waals surface area contributed by atoms with Crippen molar-refractivity contribution in [3.8, 4) is 16.9 Å². The van der Waals surface area contributed by atoms with E-state index in [0.29, 0.717) is 11.1 Å². The molecule has 1 N–H and O–H groups in total. The summed E-state index contributed by atoms with van der Waals surface area (Å²) in [6.45, 7) is 3.45. The minimum absolute atomic E-state index is 0.226. The van der Waals surface area contributed by atoms with Crippen LogP contribution in [0.4, 0.5) is 8.78 Å². The number of hydrogen-bond donors (Lipinski definition) is 1. The molecule has 1 fully saturated rings. The van der Waals surface area contributed by atoms with Gasteiger partial charge >= 0.3 is 0 Å². The molecule has 0 bridgehead atoms. The van der Waals surface area contributed by atoms with Crippen molar-refractivity contribution in [1.29, 1.82) is 0 Å². The van der Waals surface area contributed by atoms with Crippen molar-refractivity contribution in [2.24, 2.45) is 0 Å². The largest absolute Gasteiger partial charge is 0.321 e.